The van der Waals surface area contributed by atoms with Crippen molar-refractivity contribution in [3.8, 4) is 0 Å². The number of furan rings is 1. The normalized spacial score (nSPS) is 11.7. The number of benzene rings is 1. The van der Waals surface area contributed by atoms with Crippen molar-refractivity contribution in [3.63, 3.8) is 0 Å². The molecule has 1 heterocycles. The van der Waals surface area contributed by atoms with Crippen LogP contribution in [0.5, 0.6) is 0 Å². The number of hydrogen-bond acceptors (Lipinski definition) is 2. The summed E-state index contributed by atoms with van der Waals surface area (Å²) in [7, 11) is 1.89. The molecule has 0 atom stereocenters. The minimum Gasteiger partial charge on any atom is -0.458 e. The monoisotopic (exact) mass is 363 g/mol. The van der Waals surface area contributed by atoms with Crippen molar-refractivity contribution in [2.45, 2.75) is 26.8 Å². The van der Waals surface area contributed by atoms with E-state index in [1.54, 1.807) is 6.07 Å². The summed E-state index contributed by atoms with van der Waals surface area (Å²) in [5, 5.41) is 5.30. The summed E-state index contributed by atoms with van der Waals surface area (Å²) in [5.41, 5.74) is 1.82. The van der Waals surface area contributed by atoms with E-state index in [-0.39, 0.29) is 0 Å². The lowest BCUT2D eigenvalue weighted by Crippen LogP contribution is -2.07. The van der Waals surface area contributed by atoms with Crippen LogP contribution >= 0.6 is 39.1 Å². The predicted molar refractivity (Wildman–Crippen MR) is 85.2 cm³/mol. The first-order valence-electron chi connectivity index (χ1n) is 6.18. The van der Waals surface area contributed by atoms with Crippen molar-refractivity contribution >= 4 is 50.1 Å². The molecule has 2 aromatic rings. The Morgan fingerprint density at radius 3 is 2.63 bits per heavy atom. The zero-order valence-corrected chi connectivity index (χ0v) is 14.2. The third-order valence-corrected chi connectivity index (χ3v) is 4.47. The van der Waals surface area contributed by atoms with E-state index in [4.69, 9.17) is 27.6 Å². The van der Waals surface area contributed by atoms with Crippen LogP contribution in [0.2, 0.25) is 10.0 Å². The molecule has 1 aromatic heterocycles. The highest BCUT2D eigenvalue weighted by atomic mass is 79.9. The second-order valence-corrected chi connectivity index (χ2v) is 6.63. The first-order valence-corrected chi connectivity index (χ1v) is 7.73. The van der Waals surface area contributed by atoms with Gasteiger partial charge < -0.3 is 9.73 Å². The first kappa shape index (κ1) is 15.2. The molecule has 0 fully saturated rings. The summed E-state index contributed by atoms with van der Waals surface area (Å²) in [6.45, 7) is 5.02. The van der Waals surface area contributed by atoms with Gasteiger partial charge in [0.2, 0.25) is 0 Å². The molecular weight excluding hydrogens is 349 g/mol. The summed E-state index contributed by atoms with van der Waals surface area (Å²) in [6.07, 6.45) is 0.913. The second kappa shape index (κ2) is 6.04. The van der Waals surface area contributed by atoms with Gasteiger partial charge in [-0.15, -0.1) is 0 Å². The molecule has 1 N–H and O–H groups in total. The molecule has 0 radical (unpaired) electrons. The van der Waals surface area contributed by atoms with Crippen LogP contribution in [0.1, 0.15) is 25.2 Å². The highest BCUT2D eigenvalue weighted by molar-refractivity contribution is 9.10. The Morgan fingerprint density at radius 2 is 2.05 bits per heavy atom. The van der Waals surface area contributed by atoms with E-state index in [1.807, 2.05) is 7.05 Å². The topological polar surface area (TPSA) is 25.2 Å². The van der Waals surface area contributed by atoms with E-state index in [1.165, 1.54) is 0 Å². The highest BCUT2D eigenvalue weighted by Crippen LogP contribution is 2.41. The quantitative estimate of drug-likeness (QED) is 0.732. The molecule has 19 heavy (non-hydrogen) atoms. The van der Waals surface area contributed by atoms with Gasteiger partial charge >= 0.3 is 0 Å². The Labute approximate surface area is 131 Å². The molecule has 5 heteroatoms. The predicted octanol–water partition coefficient (Wildman–Crippen LogP) is 5.42. The van der Waals surface area contributed by atoms with Gasteiger partial charge in [0, 0.05) is 15.4 Å². The fourth-order valence-electron chi connectivity index (χ4n) is 2.20. The molecule has 2 rings (SSSR count). The molecule has 0 saturated carbocycles. The van der Waals surface area contributed by atoms with Crippen molar-refractivity contribution in [3.05, 3.63) is 31.9 Å². The zero-order valence-electron chi connectivity index (χ0n) is 11.1. The Balaban J connectivity index is 2.75. The minimum absolute atomic E-state index is 0.519. The maximum absolute atomic E-state index is 6.41. The third-order valence-electron chi connectivity index (χ3n) is 2.94. The van der Waals surface area contributed by atoms with Crippen LogP contribution in [0.4, 0.5) is 0 Å². The lowest BCUT2D eigenvalue weighted by Gasteiger charge is -2.07. The second-order valence-electron chi connectivity index (χ2n) is 4.99. The van der Waals surface area contributed by atoms with E-state index < -0.39 is 0 Å². The van der Waals surface area contributed by atoms with E-state index in [2.05, 4.69) is 35.1 Å². The van der Waals surface area contributed by atoms with Crippen molar-refractivity contribution in [1.82, 2.24) is 5.32 Å². The van der Waals surface area contributed by atoms with Gasteiger partial charge in [0.15, 0.2) is 5.58 Å². The molecule has 0 amide bonds. The van der Waals surface area contributed by atoms with Gasteiger partial charge in [0.25, 0.3) is 0 Å². The first-order chi connectivity index (χ1) is 8.95. The lowest BCUT2D eigenvalue weighted by molar-refractivity contribution is 0.516. The molecular formula is C14H16BrCl2NO. The highest BCUT2D eigenvalue weighted by Gasteiger charge is 2.21. The molecule has 0 aliphatic carbocycles. The summed E-state index contributed by atoms with van der Waals surface area (Å²) in [5.74, 6) is 1.43. The Kier molecular flexibility index (Phi) is 4.83. The fraction of sp³-hybridized carbons (Fsp3) is 0.429. The van der Waals surface area contributed by atoms with Crippen molar-refractivity contribution in [1.29, 1.82) is 0 Å². The van der Waals surface area contributed by atoms with E-state index in [0.717, 1.165) is 27.6 Å². The molecule has 2 nitrogen and oxygen atoms in total. The molecule has 1 aromatic carbocycles. The van der Waals surface area contributed by atoms with Crippen LogP contribution < -0.4 is 5.32 Å². The summed E-state index contributed by atoms with van der Waals surface area (Å²) in [4.78, 5) is 0. The van der Waals surface area contributed by atoms with E-state index in [0.29, 0.717) is 28.1 Å². The average molecular weight is 365 g/mol. The fourth-order valence-corrected chi connectivity index (χ4v) is 3.26. The van der Waals surface area contributed by atoms with Crippen LogP contribution in [-0.2, 0) is 13.0 Å². The maximum Gasteiger partial charge on any atom is 0.154 e. The Hall–Kier alpha value is -0.220. The van der Waals surface area contributed by atoms with Crippen LogP contribution in [0.25, 0.3) is 11.0 Å². The van der Waals surface area contributed by atoms with Crippen LogP contribution in [0.3, 0.4) is 0 Å². The maximum atomic E-state index is 6.41. The summed E-state index contributed by atoms with van der Waals surface area (Å²) >= 11 is 16.1. The van der Waals surface area contributed by atoms with Gasteiger partial charge in [0.1, 0.15) is 5.76 Å². The largest absolute Gasteiger partial charge is 0.458 e. The number of rotatable bonds is 4. The standard InChI is InChI=1S/C14H16BrCl2NO/c1-7(2)4-8-11(6-18-3)19-14-10(16)5-9(15)13(17)12(8)14/h5,7,18H,4,6H2,1-3H3. The number of fused-ring (bicyclic) bond motifs is 1. The molecule has 0 spiro atoms. The number of hydrogen-bond donors (Lipinski definition) is 1. The molecule has 0 aliphatic rings. The summed E-state index contributed by atoms with van der Waals surface area (Å²) < 4.78 is 6.71. The molecule has 0 saturated heterocycles. The SMILES string of the molecule is CNCc1oc2c(Cl)cc(Br)c(Cl)c2c1CC(C)C. The van der Waals surface area contributed by atoms with Gasteiger partial charge in [-0.25, -0.2) is 0 Å². The van der Waals surface area contributed by atoms with Gasteiger partial charge in [0.05, 0.1) is 16.6 Å². The molecule has 0 aliphatic heterocycles. The lowest BCUT2D eigenvalue weighted by atomic mass is 9.99. The van der Waals surface area contributed by atoms with Crippen LogP contribution in [0.15, 0.2) is 15.0 Å². The molecule has 104 valence electrons. The molecule has 0 bridgehead atoms. The van der Waals surface area contributed by atoms with Crippen molar-refractivity contribution in [2.75, 3.05) is 7.05 Å². The Morgan fingerprint density at radius 1 is 1.37 bits per heavy atom. The van der Waals surface area contributed by atoms with Gasteiger partial charge in [-0.2, -0.15) is 0 Å². The Bertz CT molecular complexity index is 607. The molecule has 0 unspecified atom stereocenters. The van der Waals surface area contributed by atoms with Crippen molar-refractivity contribution in [2.24, 2.45) is 5.92 Å². The van der Waals surface area contributed by atoms with Gasteiger partial charge in [-0.1, -0.05) is 37.0 Å². The van der Waals surface area contributed by atoms with E-state index in [9.17, 15) is 0 Å². The van der Waals surface area contributed by atoms with Crippen LogP contribution in [-0.4, -0.2) is 7.05 Å². The zero-order chi connectivity index (χ0) is 14.2. The van der Waals surface area contributed by atoms with Crippen LogP contribution in [0, 0.1) is 5.92 Å². The number of nitrogens with one attached hydrogen (secondary N) is 1. The van der Waals surface area contributed by atoms with Gasteiger partial charge in [-0.3, -0.25) is 0 Å². The van der Waals surface area contributed by atoms with Gasteiger partial charge in [-0.05, 0) is 41.4 Å². The number of halogens is 3. The third kappa shape index (κ3) is 2.94. The summed E-state index contributed by atoms with van der Waals surface area (Å²) in [6, 6.07) is 1.78. The van der Waals surface area contributed by atoms with E-state index >= 15 is 0 Å². The average Bonchev–Trinajstić information content (AvgIpc) is 2.66. The minimum atomic E-state index is 0.519. The van der Waals surface area contributed by atoms with Crippen molar-refractivity contribution < 1.29 is 4.42 Å². The smallest absolute Gasteiger partial charge is 0.154 e.